The van der Waals surface area contributed by atoms with Gasteiger partial charge in [-0.15, -0.1) is 0 Å². The molecule has 0 heterocycles. The van der Waals surface area contributed by atoms with Gasteiger partial charge in [-0.3, -0.25) is 4.79 Å². The van der Waals surface area contributed by atoms with Crippen molar-refractivity contribution in [2.24, 2.45) is 0 Å². The monoisotopic (exact) mass is 157 g/mol. The van der Waals surface area contributed by atoms with Gasteiger partial charge in [-0.1, -0.05) is 0 Å². The fourth-order valence-electron chi connectivity index (χ4n) is 0.960. The van der Waals surface area contributed by atoms with Crippen molar-refractivity contribution in [3.63, 3.8) is 0 Å². The van der Waals surface area contributed by atoms with E-state index in [4.69, 9.17) is 0 Å². The van der Waals surface area contributed by atoms with Crippen LogP contribution in [0.4, 0.5) is 0 Å². The third-order valence-corrected chi connectivity index (χ3v) is 1.61. The molecule has 0 amide bonds. The molecule has 0 bridgehead atoms. The van der Waals surface area contributed by atoms with Gasteiger partial charge in [0.15, 0.2) is 6.29 Å². The van der Waals surface area contributed by atoms with Gasteiger partial charge in [0, 0.05) is 6.42 Å². The molecule has 0 aliphatic heterocycles. The first kappa shape index (κ1) is 10.6. The predicted octanol–water partition coefficient (Wildman–Crippen LogP) is 1.36. The van der Waals surface area contributed by atoms with Crippen molar-refractivity contribution >= 4 is 6.29 Å². The summed E-state index contributed by atoms with van der Waals surface area (Å²) in [6, 6.07) is 0. The SMILES string of the molecule is C[N+](C)(C)CCCCC[C]=O. The summed E-state index contributed by atoms with van der Waals surface area (Å²) in [7, 11) is 6.56. The molecule has 2 heteroatoms. The van der Waals surface area contributed by atoms with Crippen LogP contribution in [0.1, 0.15) is 25.7 Å². The molecule has 0 aromatic rings. The summed E-state index contributed by atoms with van der Waals surface area (Å²) in [6.45, 7) is 1.19. The summed E-state index contributed by atoms with van der Waals surface area (Å²) in [6.07, 6.45) is 5.89. The van der Waals surface area contributed by atoms with Crippen molar-refractivity contribution in [1.29, 1.82) is 0 Å². The maximum Gasteiger partial charge on any atom is 0.198 e. The summed E-state index contributed by atoms with van der Waals surface area (Å²) in [5, 5.41) is 0. The van der Waals surface area contributed by atoms with E-state index in [0.29, 0.717) is 6.42 Å². The average molecular weight is 157 g/mol. The molecule has 1 radical (unpaired) electrons. The van der Waals surface area contributed by atoms with Crippen molar-refractivity contribution in [3.05, 3.63) is 0 Å². The Morgan fingerprint density at radius 1 is 1.09 bits per heavy atom. The number of carbonyl (C=O) groups excluding carboxylic acids is 1. The molecule has 0 atom stereocenters. The number of hydrogen-bond donors (Lipinski definition) is 0. The molecule has 0 saturated heterocycles. The third-order valence-electron chi connectivity index (χ3n) is 1.61. The lowest BCUT2D eigenvalue weighted by Gasteiger charge is -2.23. The van der Waals surface area contributed by atoms with Gasteiger partial charge in [0.2, 0.25) is 0 Å². The summed E-state index contributed by atoms with van der Waals surface area (Å²) < 4.78 is 1.02. The van der Waals surface area contributed by atoms with Gasteiger partial charge >= 0.3 is 0 Å². The minimum Gasteiger partial charge on any atom is -0.331 e. The molecule has 0 unspecified atom stereocenters. The van der Waals surface area contributed by atoms with Crippen LogP contribution in [0.25, 0.3) is 0 Å². The van der Waals surface area contributed by atoms with E-state index < -0.39 is 0 Å². The van der Waals surface area contributed by atoms with E-state index in [1.54, 1.807) is 0 Å². The maximum atomic E-state index is 9.84. The van der Waals surface area contributed by atoms with Crippen molar-refractivity contribution in [2.45, 2.75) is 25.7 Å². The van der Waals surface area contributed by atoms with E-state index in [-0.39, 0.29) is 0 Å². The Bertz CT molecular complexity index is 105. The molecule has 0 fully saturated rings. The fourth-order valence-corrected chi connectivity index (χ4v) is 0.960. The molecule has 0 spiro atoms. The summed E-state index contributed by atoms with van der Waals surface area (Å²) in [5.74, 6) is 0. The smallest absolute Gasteiger partial charge is 0.198 e. The first-order chi connectivity index (χ1) is 5.06. The summed E-state index contributed by atoms with van der Waals surface area (Å²) >= 11 is 0. The van der Waals surface area contributed by atoms with Crippen molar-refractivity contribution < 1.29 is 9.28 Å². The van der Waals surface area contributed by atoms with Crippen molar-refractivity contribution in [3.8, 4) is 0 Å². The number of nitrogens with zero attached hydrogens (tertiary/aromatic N) is 1. The molecule has 0 aromatic carbocycles. The number of rotatable bonds is 6. The molecular weight excluding hydrogens is 138 g/mol. The van der Waals surface area contributed by atoms with E-state index in [9.17, 15) is 4.79 Å². The lowest BCUT2D eigenvalue weighted by atomic mass is 10.2. The van der Waals surface area contributed by atoms with Crippen LogP contribution < -0.4 is 0 Å². The largest absolute Gasteiger partial charge is 0.331 e. The first-order valence-electron chi connectivity index (χ1n) is 4.22. The minimum atomic E-state index is 0.608. The second kappa shape index (κ2) is 5.30. The van der Waals surface area contributed by atoms with Crippen LogP contribution in [0.5, 0.6) is 0 Å². The van der Waals surface area contributed by atoms with Crippen molar-refractivity contribution in [1.82, 2.24) is 0 Å². The van der Waals surface area contributed by atoms with Gasteiger partial charge in [-0.25, -0.2) is 0 Å². The Labute approximate surface area is 69.8 Å². The Morgan fingerprint density at radius 3 is 2.18 bits per heavy atom. The highest BCUT2D eigenvalue weighted by atomic mass is 16.1. The molecule has 0 saturated carbocycles. The Morgan fingerprint density at radius 2 is 1.73 bits per heavy atom. The van der Waals surface area contributed by atoms with Crippen molar-refractivity contribution in [2.75, 3.05) is 27.7 Å². The molecule has 0 rings (SSSR count). The Hall–Kier alpha value is -0.370. The lowest BCUT2D eigenvalue weighted by molar-refractivity contribution is -0.870. The van der Waals surface area contributed by atoms with Crippen LogP contribution in [-0.2, 0) is 4.79 Å². The molecule has 0 aliphatic rings. The topological polar surface area (TPSA) is 17.1 Å². The summed E-state index contributed by atoms with van der Waals surface area (Å²) in [5.41, 5.74) is 0. The Kier molecular flexibility index (Phi) is 5.12. The number of unbranched alkanes of at least 4 members (excludes halogenated alkanes) is 3. The molecule has 0 aliphatic carbocycles. The fraction of sp³-hybridized carbons (Fsp3) is 0.889. The third kappa shape index (κ3) is 9.63. The van der Waals surface area contributed by atoms with Crippen LogP contribution in [0.3, 0.4) is 0 Å². The summed E-state index contributed by atoms with van der Waals surface area (Å²) in [4.78, 5) is 9.84. The van der Waals surface area contributed by atoms with Gasteiger partial charge in [0.05, 0.1) is 27.7 Å². The maximum absolute atomic E-state index is 9.84. The van der Waals surface area contributed by atoms with Crippen LogP contribution in [0.2, 0.25) is 0 Å². The minimum absolute atomic E-state index is 0.608. The molecule has 0 N–H and O–H groups in total. The van der Waals surface area contributed by atoms with Crippen LogP contribution in [0, 0.1) is 0 Å². The van der Waals surface area contributed by atoms with E-state index in [1.165, 1.54) is 13.0 Å². The van der Waals surface area contributed by atoms with Gasteiger partial charge in [0.25, 0.3) is 0 Å². The van der Waals surface area contributed by atoms with Gasteiger partial charge in [0.1, 0.15) is 0 Å². The standard InChI is InChI=1S/C9H19NO/c1-10(2,3)8-6-4-5-7-9-11/h4-8H2,1-3H3/q+1. The molecule has 65 valence electrons. The van der Waals surface area contributed by atoms with E-state index in [2.05, 4.69) is 21.1 Å². The quantitative estimate of drug-likeness (QED) is 0.420. The zero-order valence-electron chi connectivity index (χ0n) is 7.89. The zero-order chi connectivity index (χ0) is 8.74. The van der Waals surface area contributed by atoms with Crippen LogP contribution in [0.15, 0.2) is 0 Å². The second-order valence-corrected chi connectivity index (χ2v) is 3.97. The molecular formula is C9H19NO+. The highest BCUT2D eigenvalue weighted by molar-refractivity contribution is 5.50. The highest BCUT2D eigenvalue weighted by Crippen LogP contribution is 2.01. The van der Waals surface area contributed by atoms with E-state index in [0.717, 1.165) is 17.3 Å². The lowest BCUT2D eigenvalue weighted by Crippen LogP contribution is -2.35. The zero-order valence-corrected chi connectivity index (χ0v) is 7.89. The first-order valence-corrected chi connectivity index (χ1v) is 4.22. The van der Waals surface area contributed by atoms with E-state index in [1.807, 2.05) is 6.29 Å². The molecule has 2 nitrogen and oxygen atoms in total. The molecule has 11 heavy (non-hydrogen) atoms. The van der Waals surface area contributed by atoms with Crippen LogP contribution in [-0.4, -0.2) is 38.5 Å². The highest BCUT2D eigenvalue weighted by Gasteiger charge is 2.04. The van der Waals surface area contributed by atoms with Gasteiger partial charge in [-0.2, -0.15) is 0 Å². The van der Waals surface area contributed by atoms with Crippen LogP contribution >= 0.6 is 0 Å². The number of quaternary nitrogens is 1. The predicted molar refractivity (Wildman–Crippen MR) is 47.1 cm³/mol. The Balaban J connectivity index is 3.08. The van der Waals surface area contributed by atoms with Gasteiger partial charge in [-0.05, 0) is 19.3 Å². The second-order valence-electron chi connectivity index (χ2n) is 3.97. The average Bonchev–Trinajstić information content (AvgIpc) is 1.85. The number of hydrogen-bond acceptors (Lipinski definition) is 1. The molecule has 0 aromatic heterocycles. The van der Waals surface area contributed by atoms with Gasteiger partial charge < -0.3 is 4.48 Å². The van der Waals surface area contributed by atoms with E-state index >= 15 is 0 Å². The normalized spacial score (nSPS) is 11.5.